The predicted molar refractivity (Wildman–Crippen MR) is 72.8 cm³/mol. The summed E-state index contributed by atoms with van der Waals surface area (Å²) < 4.78 is 0. The van der Waals surface area contributed by atoms with Crippen LogP contribution in [0, 0.1) is 20.8 Å². The van der Waals surface area contributed by atoms with E-state index in [0.717, 1.165) is 20.9 Å². The van der Waals surface area contributed by atoms with E-state index in [2.05, 4.69) is 0 Å². The van der Waals surface area contributed by atoms with E-state index in [-0.39, 0.29) is 5.78 Å². The van der Waals surface area contributed by atoms with Gasteiger partial charge in [0, 0.05) is 16.1 Å². The zero-order chi connectivity index (χ0) is 12.6. The van der Waals surface area contributed by atoms with Crippen LogP contribution in [0.4, 0.5) is 5.69 Å². The largest absolute Gasteiger partial charge is 0.399 e. The molecule has 1 aromatic heterocycles. The Hall–Kier alpha value is -1.61. The number of nitrogens with two attached hydrogens (primary N) is 1. The molecule has 0 radical (unpaired) electrons. The molecule has 1 heterocycles. The van der Waals surface area contributed by atoms with E-state index in [1.807, 2.05) is 39.0 Å². The molecule has 0 saturated carbocycles. The molecule has 1 aromatic carbocycles. The van der Waals surface area contributed by atoms with Crippen LogP contribution in [0.5, 0.6) is 0 Å². The van der Waals surface area contributed by atoms with Gasteiger partial charge in [-0.2, -0.15) is 0 Å². The van der Waals surface area contributed by atoms with Crippen LogP contribution < -0.4 is 5.73 Å². The van der Waals surface area contributed by atoms with Crippen LogP contribution >= 0.6 is 11.3 Å². The van der Waals surface area contributed by atoms with Crippen molar-refractivity contribution in [3.8, 4) is 0 Å². The fourth-order valence-corrected chi connectivity index (χ4v) is 2.85. The molecular weight excluding hydrogens is 230 g/mol. The van der Waals surface area contributed by atoms with E-state index in [9.17, 15) is 4.79 Å². The molecule has 2 aromatic rings. The highest BCUT2D eigenvalue weighted by Crippen LogP contribution is 2.26. The molecular formula is C14H15NOS. The molecule has 3 heteroatoms. The van der Waals surface area contributed by atoms with Crippen LogP contribution in [0.1, 0.15) is 31.2 Å². The number of ketones is 1. The minimum Gasteiger partial charge on any atom is -0.399 e. The van der Waals surface area contributed by atoms with Gasteiger partial charge in [-0.25, -0.2) is 0 Å². The van der Waals surface area contributed by atoms with Crippen LogP contribution in [-0.4, -0.2) is 5.78 Å². The maximum atomic E-state index is 12.4. The summed E-state index contributed by atoms with van der Waals surface area (Å²) in [7, 11) is 0. The van der Waals surface area contributed by atoms with Crippen molar-refractivity contribution in [3.05, 3.63) is 50.7 Å². The van der Waals surface area contributed by atoms with E-state index in [0.29, 0.717) is 11.3 Å². The Morgan fingerprint density at radius 2 is 1.82 bits per heavy atom. The van der Waals surface area contributed by atoms with Crippen molar-refractivity contribution in [3.63, 3.8) is 0 Å². The number of rotatable bonds is 2. The van der Waals surface area contributed by atoms with Crippen LogP contribution in [0.25, 0.3) is 0 Å². The van der Waals surface area contributed by atoms with Crippen molar-refractivity contribution in [2.45, 2.75) is 20.8 Å². The molecule has 2 rings (SSSR count). The van der Waals surface area contributed by atoms with Crippen molar-refractivity contribution in [1.29, 1.82) is 0 Å². The quantitative estimate of drug-likeness (QED) is 0.650. The second kappa shape index (κ2) is 4.34. The highest BCUT2D eigenvalue weighted by atomic mass is 32.1. The molecule has 2 N–H and O–H groups in total. The monoisotopic (exact) mass is 245 g/mol. The standard InChI is InChI=1S/C14H15NOS/c1-8-4-5-11(15)7-12(8)13(16)14-9(2)6-10(3)17-14/h4-7H,15H2,1-3H3. The zero-order valence-corrected chi connectivity index (χ0v) is 11.0. The van der Waals surface area contributed by atoms with E-state index >= 15 is 0 Å². The van der Waals surface area contributed by atoms with Gasteiger partial charge in [0.1, 0.15) is 0 Å². The summed E-state index contributed by atoms with van der Waals surface area (Å²) in [6.07, 6.45) is 0. The fourth-order valence-electron chi connectivity index (χ4n) is 1.87. The normalized spacial score (nSPS) is 10.5. The Balaban J connectivity index is 2.50. The average molecular weight is 245 g/mol. The van der Waals surface area contributed by atoms with E-state index in [4.69, 9.17) is 5.73 Å². The van der Waals surface area contributed by atoms with E-state index < -0.39 is 0 Å². The fraction of sp³-hybridized carbons (Fsp3) is 0.214. The number of hydrogen-bond acceptors (Lipinski definition) is 3. The van der Waals surface area contributed by atoms with Crippen molar-refractivity contribution in [1.82, 2.24) is 0 Å². The number of thiophene rings is 1. The molecule has 0 aliphatic carbocycles. The second-order valence-corrected chi connectivity index (χ2v) is 5.53. The highest BCUT2D eigenvalue weighted by Gasteiger charge is 2.16. The number of nitrogen functional groups attached to an aromatic ring is 1. The second-order valence-electron chi connectivity index (χ2n) is 4.27. The minimum absolute atomic E-state index is 0.0744. The topological polar surface area (TPSA) is 43.1 Å². The number of anilines is 1. The van der Waals surface area contributed by atoms with Gasteiger partial charge in [0.15, 0.2) is 0 Å². The third-order valence-corrected chi connectivity index (χ3v) is 3.90. The number of carbonyl (C=O) groups excluding carboxylic acids is 1. The summed E-state index contributed by atoms with van der Waals surface area (Å²) in [6.45, 7) is 5.92. The van der Waals surface area contributed by atoms with Crippen molar-refractivity contribution < 1.29 is 4.79 Å². The third-order valence-electron chi connectivity index (χ3n) is 2.75. The van der Waals surface area contributed by atoms with Crippen molar-refractivity contribution >= 4 is 22.8 Å². The Morgan fingerprint density at radius 3 is 2.41 bits per heavy atom. The molecule has 0 saturated heterocycles. The highest BCUT2D eigenvalue weighted by molar-refractivity contribution is 7.14. The maximum absolute atomic E-state index is 12.4. The molecule has 0 aliphatic heterocycles. The van der Waals surface area contributed by atoms with Crippen LogP contribution in [0.2, 0.25) is 0 Å². The molecule has 2 nitrogen and oxygen atoms in total. The van der Waals surface area contributed by atoms with Gasteiger partial charge < -0.3 is 5.73 Å². The first-order valence-corrected chi connectivity index (χ1v) is 6.28. The summed E-state index contributed by atoms with van der Waals surface area (Å²) in [5, 5.41) is 0. The SMILES string of the molecule is Cc1cc(C)c(C(=O)c2cc(N)ccc2C)s1. The summed E-state index contributed by atoms with van der Waals surface area (Å²) in [4.78, 5) is 14.4. The lowest BCUT2D eigenvalue weighted by atomic mass is 10.0. The average Bonchev–Trinajstić information content (AvgIpc) is 2.60. The van der Waals surface area contributed by atoms with Crippen LogP contribution in [0.3, 0.4) is 0 Å². The third kappa shape index (κ3) is 2.24. The lowest BCUT2D eigenvalue weighted by Crippen LogP contribution is -2.04. The first kappa shape index (κ1) is 11.9. The summed E-state index contributed by atoms with van der Waals surface area (Å²) in [5.74, 6) is 0.0744. The molecule has 17 heavy (non-hydrogen) atoms. The van der Waals surface area contributed by atoms with Gasteiger partial charge in [-0.05, 0) is 50.1 Å². The zero-order valence-electron chi connectivity index (χ0n) is 10.2. The molecule has 0 spiro atoms. The summed E-state index contributed by atoms with van der Waals surface area (Å²) >= 11 is 1.54. The Labute approximate surface area is 105 Å². The molecule has 88 valence electrons. The van der Waals surface area contributed by atoms with E-state index in [1.165, 1.54) is 0 Å². The summed E-state index contributed by atoms with van der Waals surface area (Å²) in [5.41, 5.74) is 9.08. The summed E-state index contributed by atoms with van der Waals surface area (Å²) in [6, 6.07) is 7.50. The smallest absolute Gasteiger partial charge is 0.203 e. The number of hydrogen-bond donors (Lipinski definition) is 1. The lowest BCUT2D eigenvalue weighted by molar-refractivity contribution is 0.104. The number of aryl methyl sites for hydroxylation is 3. The van der Waals surface area contributed by atoms with Gasteiger partial charge in [0.2, 0.25) is 5.78 Å². The molecule has 0 bridgehead atoms. The molecule has 0 fully saturated rings. The Kier molecular flexibility index (Phi) is 3.03. The van der Waals surface area contributed by atoms with E-state index in [1.54, 1.807) is 17.4 Å². The minimum atomic E-state index is 0.0744. The van der Waals surface area contributed by atoms with Crippen molar-refractivity contribution in [2.75, 3.05) is 5.73 Å². The first-order chi connectivity index (χ1) is 7.99. The lowest BCUT2D eigenvalue weighted by Gasteiger charge is -2.05. The van der Waals surface area contributed by atoms with Gasteiger partial charge >= 0.3 is 0 Å². The Bertz CT molecular complexity index is 584. The Morgan fingerprint density at radius 1 is 1.12 bits per heavy atom. The maximum Gasteiger partial charge on any atom is 0.203 e. The van der Waals surface area contributed by atoms with Crippen LogP contribution in [-0.2, 0) is 0 Å². The van der Waals surface area contributed by atoms with Gasteiger partial charge in [-0.15, -0.1) is 11.3 Å². The van der Waals surface area contributed by atoms with Gasteiger partial charge in [-0.1, -0.05) is 6.07 Å². The molecule has 0 amide bonds. The molecule has 0 unspecified atom stereocenters. The number of benzene rings is 1. The van der Waals surface area contributed by atoms with Gasteiger partial charge in [0.25, 0.3) is 0 Å². The molecule has 0 aliphatic rings. The first-order valence-electron chi connectivity index (χ1n) is 5.47. The number of carbonyl (C=O) groups is 1. The predicted octanol–water partition coefficient (Wildman–Crippen LogP) is 3.49. The van der Waals surface area contributed by atoms with Gasteiger partial charge in [0.05, 0.1) is 4.88 Å². The van der Waals surface area contributed by atoms with Crippen molar-refractivity contribution in [2.24, 2.45) is 0 Å². The van der Waals surface area contributed by atoms with Crippen LogP contribution in [0.15, 0.2) is 24.3 Å². The van der Waals surface area contributed by atoms with Gasteiger partial charge in [-0.3, -0.25) is 4.79 Å². The molecule has 0 atom stereocenters.